The Kier molecular flexibility index (Phi) is 9.64. The number of fused-ring (bicyclic) bond motifs is 1. The molecule has 3 aromatic rings. The number of thiophene rings is 1. The van der Waals surface area contributed by atoms with Crippen LogP contribution in [0.3, 0.4) is 0 Å². The Balaban J connectivity index is 1.84. The summed E-state index contributed by atoms with van der Waals surface area (Å²) in [4.78, 5) is 41.0. The minimum atomic E-state index is -1.30. The second kappa shape index (κ2) is 12.4. The molecule has 1 unspecified atom stereocenters. The number of nitrogens with zero attached hydrogens (tertiary/aromatic N) is 1. The van der Waals surface area contributed by atoms with Gasteiger partial charge in [0.2, 0.25) is 0 Å². The highest BCUT2D eigenvalue weighted by atomic mass is 32.1. The molecule has 0 aliphatic heterocycles. The van der Waals surface area contributed by atoms with Crippen LogP contribution in [0.5, 0.6) is 0 Å². The number of carbonyl (C=O) groups is 3. The van der Waals surface area contributed by atoms with Crippen LogP contribution in [0, 0.1) is 13.8 Å². The van der Waals surface area contributed by atoms with Crippen LogP contribution in [0.2, 0.25) is 0 Å². The summed E-state index contributed by atoms with van der Waals surface area (Å²) in [6, 6.07) is 13.2. The van der Waals surface area contributed by atoms with Gasteiger partial charge in [-0.05, 0) is 89.1 Å². The molecule has 1 N–H and O–H groups in total. The average Bonchev–Trinajstić information content (AvgIpc) is 3.14. The van der Waals surface area contributed by atoms with E-state index >= 15 is 0 Å². The van der Waals surface area contributed by atoms with Gasteiger partial charge in [0, 0.05) is 22.7 Å². The molecule has 8 nitrogen and oxygen atoms in total. The average molecular weight is 569 g/mol. The molecule has 2 aromatic carbocycles. The smallest absolute Gasteiger partial charge is 0.420 e. The normalized spacial score (nSPS) is 12.6. The third-order valence-corrected chi connectivity index (χ3v) is 7.33. The maximum absolute atomic E-state index is 13.1. The van der Waals surface area contributed by atoms with Crippen molar-refractivity contribution in [3.8, 4) is 11.1 Å². The Labute approximate surface area is 240 Å². The quantitative estimate of drug-likeness (QED) is 0.242. The lowest BCUT2D eigenvalue weighted by molar-refractivity contribution is -0.146. The first-order valence-electron chi connectivity index (χ1n) is 13.2. The number of hydrogen-bond donors (Lipinski definition) is 1. The molecule has 0 saturated carbocycles. The SMILES string of the molecule is COC(=O)C(CNCc1cccc(-c2cccc3c(C)c(C)sc23)c1)N(C(=O)OC(C)(C)C)C(=O)OC(C)(C)C. The van der Waals surface area contributed by atoms with Gasteiger partial charge < -0.3 is 19.5 Å². The van der Waals surface area contributed by atoms with E-state index in [1.54, 1.807) is 52.9 Å². The number of hydrogen-bond acceptors (Lipinski definition) is 8. The van der Waals surface area contributed by atoms with E-state index in [0.717, 1.165) is 16.7 Å². The molecular formula is C31H40N2O6S. The largest absolute Gasteiger partial charge is 0.467 e. The van der Waals surface area contributed by atoms with Gasteiger partial charge in [-0.25, -0.2) is 14.4 Å². The molecule has 0 radical (unpaired) electrons. The number of benzene rings is 2. The molecule has 0 saturated heterocycles. The second-order valence-electron chi connectivity index (χ2n) is 11.7. The molecule has 40 heavy (non-hydrogen) atoms. The number of amides is 2. The fourth-order valence-electron chi connectivity index (χ4n) is 4.16. The third-order valence-electron chi connectivity index (χ3n) is 6.07. The summed E-state index contributed by atoms with van der Waals surface area (Å²) in [7, 11) is 1.20. The zero-order valence-corrected chi connectivity index (χ0v) is 25.7. The lowest BCUT2D eigenvalue weighted by atomic mass is 10.0. The molecular weight excluding hydrogens is 528 g/mol. The van der Waals surface area contributed by atoms with Crippen molar-refractivity contribution in [2.75, 3.05) is 13.7 Å². The third kappa shape index (κ3) is 7.82. The van der Waals surface area contributed by atoms with E-state index in [1.807, 2.05) is 12.1 Å². The van der Waals surface area contributed by atoms with Gasteiger partial charge in [0.25, 0.3) is 0 Å². The van der Waals surface area contributed by atoms with Gasteiger partial charge in [-0.2, -0.15) is 4.90 Å². The van der Waals surface area contributed by atoms with Crippen molar-refractivity contribution in [2.45, 2.75) is 79.2 Å². The van der Waals surface area contributed by atoms with Gasteiger partial charge in [-0.15, -0.1) is 11.3 Å². The molecule has 0 bridgehead atoms. The van der Waals surface area contributed by atoms with Gasteiger partial charge in [0.15, 0.2) is 6.04 Å². The number of imide groups is 1. The highest BCUT2D eigenvalue weighted by molar-refractivity contribution is 7.19. The number of rotatable bonds is 7. The van der Waals surface area contributed by atoms with E-state index < -0.39 is 35.4 Å². The highest BCUT2D eigenvalue weighted by Crippen LogP contribution is 2.37. The van der Waals surface area contributed by atoms with Crippen LogP contribution in [0.25, 0.3) is 21.2 Å². The van der Waals surface area contributed by atoms with E-state index in [0.29, 0.717) is 11.4 Å². The van der Waals surface area contributed by atoms with Gasteiger partial charge >= 0.3 is 18.2 Å². The summed E-state index contributed by atoms with van der Waals surface area (Å²) in [6.45, 7) is 14.7. The summed E-state index contributed by atoms with van der Waals surface area (Å²) in [5, 5.41) is 4.46. The standard InChI is InChI=1S/C31H40N2O6S/c1-19-20(2)40-26-23(19)14-11-15-24(26)22-13-10-12-21(16-22)17-32-18-25(27(34)37-9)33(28(35)38-30(3,4)5)29(36)39-31(6,7)8/h10-16,25,32H,17-18H2,1-9H3. The predicted octanol–water partition coefficient (Wildman–Crippen LogP) is 6.99. The number of esters is 1. The Morgan fingerprint density at radius 2 is 1.52 bits per heavy atom. The molecule has 2 amide bonds. The fraction of sp³-hybridized carbons (Fsp3) is 0.452. The van der Waals surface area contributed by atoms with Crippen LogP contribution in [0.15, 0.2) is 42.5 Å². The van der Waals surface area contributed by atoms with E-state index in [4.69, 9.17) is 14.2 Å². The topological polar surface area (TPSA) is 94.2 Å². The predicted molar refractivity (Wildman–Crippen MR) is 159 cm³/mol. The summed E-state index contributed by atoms with van der Waals surface area (Å²) >= 11 is 1.79. The van der Waals surface area contributed by atoms with Crippen molar-refractivity contribution in [3.05, 3.63) is 58.5 Å². The van der Waals surface area contributed by atoms with Gasteiger partial charge in [-0.3, -0.25) is 0 Å². The van der Waals surface area contributed by atoms with Crippen molar-refractivity contribution in [1.82, 2.24) is 10.2 Å². The molecule has 0 aliphatic rings. The van der Waals surface area contributed by atoms with Crippen molar-refractivity contribution in [3.63, 3.8) is 0 Å². The van der Waals surface area contributed by atoms with Crippen molar-refractivity contribution in [1.29, 1.82) is 0 Å². The van der Waals surface area contributed by atoms with Crippen LogP contribution in [-0.4, -0.2) is 54.0 Å². The minimum Gasteiger partial charge on any atom is -0.467 e. The first-order valence-corrected chi connectivity index (χ1v) is 14.0. The zero-order valence-electron chi connectivity index (χ0n) is 24.8. The van der Waals surface area contributed by atoms with Crippen LogP contribution in [-0.2, 0) is 25.5 Å². The molecule has 1 heterocycles. The van der Waals surface area contributed by atoms with E-state index in [1.165, 1.54) is 27.6 Å². The molecule has 1 atom stereocenters. The van der Waals surface area contributed by atoms with E-state index in [2.05, 4.69) is 49.5 Å². The van der Waals surface area contributed by atoms with E-state index in [-0.39, 0.29) is 6.54 Å². The summed E-state index contributed by atoms with van der Waals surface area (Å²) in [6.07, 6.45) is -1.98. The Morgan fingerprint density at radius 3 is 2.10 bits per heavy atom. The molecule has 1 aromatic heterocycles. The molecule has 0 spiro atoms. The highest BCUT2D eigenvalue weighted by Gasteiger charge is 2.40. The summed E-state index contributed by atoms with van der Waals surface area (Å²) in [5.41, 5.74) is 2.73. The van der Waals surface area contributed by atoms with Crippen molar-refractivity contribution >= 4 is 39.6 Å². The van der Waals surface area contributed by atoms with Gasteiger partial charge in [0.1, 0.15) is 11.2 Å². The van der Waals surface area contributed by atoms with Crippen LogP contribution >= 0.6 is 11.3 Å². The molecule has 0 aliphatic carbocycles. The number of methoxy groups -OCH3 is 1. The number of carbonyl (C=O) groups excluding carboxylic acids is 3. The van der Waals surface area contributed by atoms with Crippen LogP contribution < -0.4 is 5.32 Å². The fourth-order valence-corrected chi connectivity index (χ4v) is 5.35. The van der Waals surface area contributed by atoms with Gasteiger partial charge in [-0.1, -0.05) is 36.4 Å². The maximum Gasteiger partial charge on any atom is 0.420 e. The second-order valence-corrected chi connectivity index (χ2v) is 12.9. The van der Waals surface area contributed by atoms with Crippen molar-refractivity contribution in [2.24, 2.45) is 0 Å². The van der Waals surface area contributed by atoms with Crippen LogP contribution in [0.4, 0.5) is 9.59 Å². The molecule has 3 rings (SSSR count). The molecule has 9 heteroatoms. The Hall–Kier alpha value is -3.43. The number of aryl methyl sites for hydroxylation is 2. The lowest BCUT2D eigenvalue weighted by Gasteiger charge is -2.32. The van der Waals surface area contributed by atoms with Crippen molar-refractivity contribution < 1.29 is 28.6 Å². The monoisotopic (exact) mass is 568 g/mol. The van der Waals surface area contributed by atoms with Crippen LogP contribution in [0.1, 0.15) is 57.5 Å². The minimum absolute atomic E-state index is 0.0612. The number of nitrogens with one attached hydrogen (secondary N) is 1. The Morgan fingerprint density at radius 1 is 0.925 bits per heavy atom. The van der Waals surface area contributed by atoms with Gasteiger partial charge in [0.05, 0.1) is 7.11 Å². The summed E-state index contributed by atoms with van der Waals surface area (Å²) < 4.78 is 17.1. The zero-order chi connectivity index (χ0) is 29.8. The first kappa shape index (κ1) is 31.1. The lowest BCUT2D eigenvalue weighted by Crippen LogP contribution is -2.55. The summed E-state index contributed by atoms with van der Waals surface area (Å²) in [5.74, 6) is -0.770. The molecule has 216 valence electrons. The maximum atomic E-state index is 13.1. The Bertz CT molecular complexity index is 1350. The van der Waals surface area contributed by atoms with E-state index in [9.17, 15) is 14.4 Å². The first-order chi connectivity index (χ1) is 18.6. The number of ether oxygens (including phenoxy) is 3. The molecule has 0 fully saturated rings.